The molecule has 0 heterocycles. The van der Waals surface area contributed by atoms with Gasteiger partial charge in [0.1, 0.15) is 0 Å². The van der Waals surface area contributed by atoms with Gasteiger partial charge >= 0.3 is 0 Å². The van der Waals surface area contributed by atoms with Crippen LogP contribution in [0.3, 0.4) is 0 Å². The van der Waals surface area contributed by atoms with Crippen molar-refractivity contribution in [1.82, 2.24) is 9.62 Å². The van der Waals surface area contributed by atoms with Gasteiger partial charge in [-0.2, -0.15) is 0 Å². The summed E-state index contributed by atoms with van der Waals surface area (Å²) < 4.78 is 23.6. The summed E-state index contributed by atoms with van der Waals surface area (Å²) in [5.74, 6) is 0. The van der Waals surface area contributed by atoms with Gasteiger partial charge in [-0.25, -0.2) is 12.7 Å². The second-order valence-corrected chi connectivity index (χ2v) is 6.52. The summed E-state index contributed by atoms with van der Waals surface area (Å²) in [7, 11) is -1.45. The van der Waals surface area contributed by atoms with Gasteiger partial charge in [-0.15, -0.1) is 6.58 Å². The molecule has 0 aromatic carbocycles. The van der Waals surface area contributed by atoms with E-state index in [-0.39, 0.29) is 0 Å². The second kappa shape index (κ2) is 7.04. The summed E-state index contributed by atoms with van der Waals surface area (Å²) in [5, 5.41) is 3.29. The van der Waals surface area contributed by atoms with Crippen molar-refractivity contribution >= 4 is 10.0 Å². The van der Waals surface area contributed by atoms with Crippen LogP contribution in [0.5, 0.6) is 0 Å². The molecule has 0 saturated heterocycles. The highest BCUT2D eigenvalue weighted by atomic mass is 32.2. The maximum Gasteiger partial charge on any atom is 0.210 e. The molecule has 4 nitrogen and oxygen atoms in total. The van der Waals surface area contributed by atoms with Crippen LogP contribution in [0.25, 0.3) is 0 Å². The van der Waals surface area contributed by atoms with Crippen molar-refractivity contribution in [2.24, 2.45) is 0 Å². The van der Waals surface area contributed by atoms with Crippen molar-refractivity contribution in [3.8, 4) is 0 Å². The first-order valence-corrected chi connectivity index (χ1v) is 7.37. The summed E-state index contributed by atoms with van der Waals surface area (Å²) in [6.45, 7) is 9.16. The number of nitrogens with zero attached hydrogens (tertiary/aromatic N) is 1. The molecule has 1 N–H and O–H groups in total. The minimum atomic E-state index is -3.05. The van der Waals surface area contributed by atoms with Crippen molar-refractivity contribution in [3.05, 3.63) is 12.2 Å². The normalized spacial score (nSPS) is 14.1. The first kappa shape index (κ1) is 15.6. The molecule has 16 heavy (non-hydrogen) atoms. The van der Waals surface area contributed by atoms with E-state index in [0.717, 1.165) is 12.8 Å². The fraction of sp³-hybridized carbons (Fsp3) is 0.818. The van der Waals surface area contributed by atoms with Crippen molar-refractivity contribution in [2.75, 3.05) is 26.4 Å². The second-order valence-electron chi connectivity index (χ2n) is 4.44. The predicted octanol–water partition coefficient (Wildman–Crippen LogP) is 1.21. The number of sulfonamides is 1. The van der Waals surface area contributed by atoms with E-state index in [4.69, 9.17) is 0 Å². The minimum absolute atomic E-state index is 0.393. The number of nitrogens with one attached hydrogen (secondary N) is 1. The standard InChI is InChI=1S/C11H24N2O2S/c1-10(2)6-7-11(3)12-8-9-13(4)16(5,14)15/h11-12H,1,6-9H2,2-5H3/t11-/m0/s1. The van der Waals surface area contributed by atoms with Crippen molar-refractivity contribution in [3.63, 3.8) is 0 Å². The zero-order valence-corrected chi connectivity index (χ0v) is 11.6. The van der Waals surface area contributed by atoms with Crippen molar-refractivity contribution < 1.29 is 8.42 Å². The first-order chi connectivity index (χ1) is 7.23. The molecule has 0 bridgehead atoms. The number of allylic oxidation sites excluding steroid dienone is 1. The Hall–Kier alpha value is -0.390. The van der Waals surface area contributed by atoms with Crippen molar-refractivity contribution in [1.29, 1.82) is 0 Å². The van der Waals surface area contributed by atoms with Crippen LogP contribution in [-0.4, -0.2) is 45.2 Å². The summed E-state index contributed by atoms with van der Waals surface area (Å²) in [4.78, 5) is 0. The molecule has 0 spiro atoms. The SMILES string of the molecule is C=C(C)CC[C@H](C)NCCN(C)S(C)(=O)=O. The predicted molar refractivity (Wildman–Crippen MR) is 69.0 cm³/mol. The fourth-order valence-electron chi connectivity index (χ4n) is 1.20. The zero-order valence-electron chi connectivity index (χ0n) is 10.8. The molecule has 0 aliphatic carbocycles. The summed E-state index contributed by atoms with van der Waals surface area (Å²) in [5.41, 5.74) is 1.18. The monoisotopic (exact) mass is 248 g/mol. The van der Waals surface area contributed by atoms with E-state index in [2.05, 4.69) is 18.8 Å². The van der Waals surface area contributed by atoms with Gasteiger partial charge in [-0.3, -0.25) is 0 Å². The molecule has 0 aromatic heterocycles. The lowest BCUT2D eigenvalue weighted by molar-refractivity contribution is 0.436. The molecule has 0 aliphatic rings. The molecule has 1 atom stereocenters. The van der Waals surface area contributed by atoms with Crippen LogP contribution in [0.2, 0.25) is 0 Å². The van der Waals surface area contributed by atoms with Gasteiger partial charge in [0.05, 0.1) is 6.26 Å². The van der Waals surface area contributed by atoms with Crippen LogP contribution in [0.1, 0.15) is 26.7 Å². The highest BCUT2D eigenvalue weighted by Crippen LogP contribution is 2.03. The molecular formula is C11H24N2O2S. The largest absolute Gasteiger partial charge is 0.313 e. The molecule has 0 saturated carbocycles. The Kier molecular flexibility index (Phi) is 6.87. The molecule has 0 unspecified atom stereocenters. The lowest BCUT2D eigenvalue weighted by atomic mass is 10.1. The summed E-state index contributed by atoms with van der Waals surface area (Å²) in [6.07, 6.45) is 3.27. The van der Waals surface area contributed by atoms with E-state index in [1.165, 1.54) is 16.1 Å². The molecule has 0 fully saturated rings. The number of hydrogen-bond donors (Lipinski definition) is 1. The molecule has 0 amide bonds. The topological polar surface area (TPSA) is 49.4 Å². The van der Waals surface area contributed by atoms with E-state index in [0.29, 0.717) is 19.1 Å². The van der Waals surface area contributed by atoms with Crippen LogP contribution in [0.4, 0.5) is 0 Å². The average molecular weight is 248 g/mol. The van der Waals surface area contributed by atoms with Crippen LogP contribution in [-0.2, 0) is 10.0 Å². The highest BCUT2D eigenvalue weighted by molar-refractivity contribution is 7.88. The fourth-order valence-corrected chi connectivity index (χ4v) is 1.62. The van der Waals surface area contributed by atoms with Gasteiger partial charge in [0.25, 0.3) is 0 Å². The molecular weight excluding hydrogens is 224 g/mol. The van der Waals surface area contributed by atoms with Crippen LogP contribution in [0, 0.1) is 0 Å². The lowest BCUT2D eigenvalue weighted by Gasteiger charge is -2.17. The Morgan fingerprint density at radius 2 is 2.06 bits per heavy atom. The van der Waals surface area contributed by atoms with E-state index < -0.39 is 10.0 Å². The number of rotatable bonds is 8. The van der Waals surface area contributed by atoms with E-state index >= 15 is 0 Å². The molecule has 0 aromatic rings. The van der Waals surface area contributed by atoms with Crippen LogP contribution < -0.4 is 5.32 Å². The quantitative estimate of drug-likeness (QED) is 0.657. The molecule has 0 rings (SSSR count). The summed E-state index contributed by atoms with van der Waals surface area (Å²) >= 11 is 0. The van der Waals surface area contributed by atoms with E-state index in [9.17, 15) is 8.42 Å². The number of hydrogen-bond acceptors (Lipinski definition) is 3. The maximum atomic E-state index is 11.1. The molecule has 96 valence electrons. The van der Waals surface area contributed by atoms with Gasteiger partial charge in [0.2, 0.25) is 10.0 Å². The third-order valence-corrected chi connectivity index (χ3v) is 3.80. The van der Waals surface area contributed by atoms with Gasteiger partial charge in [0.15, 0.2) is 0 Å². The Morgan fingerprint density at radius 3 is 2.50 bits per heavy atom. The van der Waals surface area contributed by atoms with Gasteiger partial charge in [-0.05, 0) is 26.7 Å². The first-order valence-electron chi connectivity index (χ1n) is 5.52. The lowest BCUT2D eigenvalue weighted by Crippen LogP contribution is -2.36. The Labute approximate surface area is 99.8 Å². The maximum absolute atomic E-state index is 11.1. The average Bonchev–Trinajstić information content (AvgIpc) is 2.13. The smallest absolute Gasteiger partial charge is 0.210 e. The Bertz CT molecular complexity index is 312. The van der Waals surface area contributed by atoms with Gasteiger partial charge in [-0.1, -0.05) is 5.57 Å². The third-order valence-electron chi connectivity index (χ3n) is 2.49. The molecule has 0 radical (unpaired) electrons. The van der Waals surface area contributed by atoms with Crippen LogP contribution in [0.15, 0.2) is 12.2 Å². The molecule has 5 heteroatoms. The zero-order chi connectivity index (χ0) is 12.8. The highest BCUT2D eigenvalue weighted by Gasteiger charge is 2.10. The van der Waals surface area contributed by atoms with Crippen LogP contribution >= 0.6 is 0 Å². The summed E-state index contributed by atoms with van der Waals surface area (Å²) in [6, 6.07) is 0.393. The van der Waals surface area contributed by atoms with E-state index in [1.807, 2.05) is 6.92 Å². The number of likely N-dealkylation sites (N-methyl/N-ethyl adjacent to an activating group) is 1. The van der Waals surface area contributed by atoms with Gasteiger partial charge < -0.3 is 5.32 Å². The third kappa shape index (κ3) is 7.84. The van der Waals surface area contributed by atoms with Crippen molar-refractivity contribution in [2.45, 2.75) is 32.7 Å². The van der Waals surface area contributed by atoms with E-state index in [1.54, 1.807) is 7.05 Å². The Balaban J connectivity index is 3.70. The molecule has 0 aliphatic heterocycles. The minimum Gasteiger partial charge on any atom is -0.313 e. The Morgan fingerprint density at radius 1 is 1.50 bits per heavy atom. The van der Waals surface area contributed by atoms with Gasteiger partial charge in [0, 0.05) is 26.2 Å².